The predicted molar refractivity (Wildman–Crippen MR) is 111 cm³/mol. The number of hydrogen-bond acceptors (Lipinski definition) is 5. The number of nitrogens with one attached hydrogen (secondary N) is 1. The van der Waals surface area contributed by atoms with Crippen LogP contribution < -0.4 is 5.32 Å². The summed E-state index contributed by atoms with van der Waals surface area (Å²) < 4.78 is 6.46. The van der Waals surface area contributed by atoms with Gasteiger partial charge in [-0.1, -0.05) is 29.3 Å². The third kappa shape index (κ3) is 4.48. The van der Waals surface area contributed by atoms with Gasteiger partial charge < -0.3 is 10.1 Å². The van der Waals surface area contributed by atoms with Crippen molar-refractivity contribution < 1.29 is 14.3 Å². The third-order valence-corrected chi connectivity index (χ3v) is 5.98. The van der Waals surface area contributed by atoms with Gasteiger partial charge in [-0.2, -0.15) is 5.10 Å². The number of nitrogens with zero attached hydrogens (tertiary/aromatic N) is 2. The molecule has 2 aromatic heterocycles. The molecule has 6 nitrogen and oxygen atoms in total. The summed E-state index contributed by atoms with van der Waals surface area (Å²) in [6.45, 7) is 4.13. The average Bonchev–Trinajstić information content (AvgIpc) is 3.19. The molecule has 2 heterocycles. The highest BCUT2D eigenvalue weighted by Gasteiger charge is 2.19. The van der Waals surface area contributed by atoms with Crippen molar-refractivity contribution in [1.29, 1.82) is 0 Å². The van der Waals surface area contributed by atoms with Crippen molar-refractivity contribution in [2.24, 2.45) is 0 Å². The van der Waals surface area contributed by atoms with Crippen LogP contribution in [0.3, 0.4) is 0 Å². The Hall–Kier alpha value is -2.09. The summed E-state index contributed by atoms with van der Waals surface area (Å²) in [5.74, 6) is -0.594. The number of carbonyl (C=O) groups is 2. The number of rotatable bonds is 6. The van der Waals surface area contributed by atoms with Crippen LogP contribution in [0.2, 0.25) is 10.0 Å². The van der Waals surface area contributed by atoms with Gasteiger partial charge in [-0.3, -0.25) is 14.3 Å². The van der Waals surface area contributed by atoms with E-state index in [0.717, 1.165) is 21.5 Å². The van der Waals surface area contributed by atoms with Crippen molar-refractivity contribution in [2.45, 2.75) is 32.9 Å². The molecule has 1 amide bonds. The normalized spacial score (nSPS) is 12.2. The Balaban J connectivity index is 1.83. The molecule has 1 atom stereocenters. The van der Waals surface area contributed by atoms with E-state index in [4.69, 9.17) is 23.2 Å². The summed E-state index contributed by atoms with van der Waals surface area (Å²) in [6.07, 6.45) is 0.120. The molecule has 0 bridgehead atoms. The number of methoxy groups -OCH3 is 1. The molecule has 0 aliphatic rings. The van der Waals surface area contributed by atoms with Gasteiger partial charge in [-0.15, -0.1) is 11.3 Å². The van der Waals surface area contributed by atoms with Crippen molar-refractivity contribution >= 4 is 56.6 Å². The van der Waals surface area contributed by atoms with Crippen LogP contribution in [0, 0.1) is 6.92 Å². The number of thiophene rings is 1. The zero-order valence-corrected chi connectivity index (χ0v) is 17.9. The SMILES string of the molecule is COC(=O)CC(C)NC(=O)c1cc2c(C)nn(Cc3ccc(Cl)cc3Cl)c2s1. The molecule has 9 heteroatoms. The van der Waals surface area contributed by atoms with Crippen molar-refractivity contribution in [3.05, 3.63) is 50.4 Å². The van der Waals surface area contributed by atoms with Gasteiger partial charge in [0.05, 0.1) is 30.6 Å². The fourth-order valence-electron chi connectivity index (χ4n) is 2.82. The average molecular weight is 440 g/mol. The van der Waals surface area contributed by atoms with Crippen molar-refractivity contribution in [3.63, 3.8) is 0 Å². The number of ether oxygens (including phenoxy) is 1. The zero-order chi connectivity index (χ0) is 20.4. The van der Waals surface area contributed by atoms with Gasteiger partial charge in [0, 0.05) is 21.5 Å². The highest BCUT2D eigenvalue weighted by Crippen LogP contribution is 2.30. The van der Waals surface area contributed by atoms with Crippen molar-refractivity contribution in [3.8, 4) is 0 Å². The Kier molecular flexibility index (Phi) is 6.27. The summed E-state index contributed by atoms with van der Waals surface area (Å²) in [7, 11) is 1.32. The molecular weight excluding hydrogens is 421 g/mol. The number of esters is 1. The lowest BCUT2D eigenvalue weighted by atomic mass is 10.2. The van der Waals surface area contributed by atoms with E-state index in [9.17, 15) is 9.59 Å². The Labute approximate surface area is 176 Å². The zero-order valence-electron chi connectivity index (χ0n) is 15.6. The fourth-order valence-corrected chi connectivity index (χ4v) is 4.35. The summed E-state index contributed by atoms with van der Waals surface area (Å²) >= 11 is 13.6. The van der Waals surface area contributed by atoms with Gasteiger partial charge in [-0.05, 0) is 37.6 Å². The highest BCUT2D eigenvalue weighted by atomic mass is 35.5. The minimum absolute atomic E-state index is 0.120. The number of carbonyl (C=O) groups excluding carboxylic acids is 2. The molecule has 148 valence electrons. The number of fused-ring (bicyclic) bond motifs is 1. The molecule has 3 aromatic rings. The van der Waals surface area contributed by atoms with E-state index >= 15 is 0 Å². The lowest BCUT2D eigenvalue weighted by Crippen LogP contribution is -2.34. The first-order chi connectivity index (χ1) is 13.3. The smallest absolute Gasteiger partial charge is 0.307 e. The Morgan fingerprint density at radius 2 is 2.07 bits per heavy atom. The molecule has 0 radical (unpaired) electrons. The van der Waals surface area contributed by atoms with E-state index < -0.39 is 0 Å². The highest BCUT2D eigenvalue weighted by molar-refractivity contribution is 7.20. The molecule has 0 saturated heterocycles. The quantitative estimate of drug-likeness (QED) is 0.575. The second-order valence-electron chi connectivity index (χ2n) is 6.46. The molecule has 0 fully saturated rings. The maximum Gasteiger partial charge on any atom is 0.307 e. The summed E-state index contributed by atoms with van der Waals surface area (Å²) in [5.41, 5.74) is 1.72. The van der Waals surface area contributed by atoms with Crippen LogP contribution in [0.1, 0.15) is 34.3 Å². The maximum absolute atomic E-state index is 12.5. The van der Waals surface area contributed by atoms with Crippen LogP contribution >= 0.6 is 34.5 Å². The second kappa shape index (κ2) is 8.51. The summed E-state index contributed by atoms with van der Waals surface area (Å²) in [6, 6.07) is 6.84. The van der Waals surface area contributed by atoms with Crippen LogP contribution in [0.25, 0.3) is 10.2 Å². The number of benzene rings is 1. The molecule has 0 aliphatic heterocycles. The lowest BCUT2D eigenvalue weighted by molar-refractivity contribution is -0.141. The Bertz CT molecular complexity index is 1040. The molecule has 0 aliphatic carbocycles. The number of hydrogen-bond donors (Lipinski definition) is 1. The standard InChI is InChI=1S/C19H19Cl2N3O3S/c1-10(6-17(25)27-3)22-18(26)16-8-14-11(2)23-24(19(14)28-16)9-12-4-5-13(20)7-15(12)21/h4-5,7-8,10H,6,9H2,1-3H3,(H,22,26). The monoisotopic (exact) mass is 439 g/mol. The first-order valence-corrected chi connectivity index (χ1v) is 10.1. The first kappa shape index (κ1) is 20.6. The predicted octanol–water partition coefficient (Wildman–Crippen LogP) is 4.44. The van der Waals surface area contributed by atoms with E-state index in [1.807, 2.05) is 23.7 Å². The Morgan fingerprint density at radius 1 is 1.32 bits per heavy atom. The van der Waals surface area contributed by atoms with E-state index in [0.29, 0.717) is 21.5 Å². The van der Waals surface area contributed by atoms with Gasteiger partial charge >= 0.3 is 5.97 Å². The molecule has 28 heavy (non-hydrogen) atoms. The number of amides is 1. The van der Waals surface area contributed by atoms with Crippen molar-refractivity contribution in [1.82, 2.24) is 15.1 Å². The molecule has 0 saturated carbocycles. The van der Waals surface area contributed by atoms with Crippen LogP contribution in [-0.4, -0.2) is 34.8 Å². The van der Waals surface area contributed by atoms with E-state index in [2.05, 4.69) is 15.2 Å². The maximum atomic E-state index is 12.5. The van der Waals surface area contributed by atoms with E-state index in [1.165, 1.54) is 18.4 Å². The number of aryl methyl sites for hydroxylation is 1. The minimum Gasteiger partial charge on any atom is -0.469 e. The van der Waals surface area contributed by atoms with Gasteiger partial charge in [0.2, 0.25) is 0 Å². The largest absolute Gasteiger partial charge is 0.469 e. The summed E-state index contributed by atoms with van der Waals surface area (Å²) in [5, 5.41) is 9.45. The summed E-state index contributed by atoms with van der Waals surface area (Å²) in [4.78, 5) is 25.3. The van der Waals surface area contributed by atoms with Crippen LogP contribution in [0.4, 0.5) is 0 Å². The molecule has 3 rings (SSSR count). The van der Waals surface area contributed by atoms with E-state index in [1.54, 1.807) is 19.1 Å². The molecule has 1 aromatic carbocycles. The Morgan fingerprint density at radius 3 is 2.75 bits per heavy atom. The van der Waals surface area contributed by atoms with E-state index in [-0.39, 0.29) is 24.3 Å². The second-order valence-corrected chi connectivity index (χ2v) is 8.34. The third-order valence-electron chi connectivity index (χ3n) is 4.24. The number of halogens is 2. The molecule has 0 spiro atoms. The fraction of sp³-hybridized carbons (Fsp3) is 0.316. The van der Waals surface area contributed by atoms with Crippen LogP contribution in [0.5, 0.6) is 0 Å². The molecule has 1 N–H and O–H groups in total. The van der Waals surface area contributed by atoms with Crippen molar-refractivity contribution in [2.75, 3.05) is 7.11 Å². The lowest BCUT2D eigenvalue weighted by Gasteiger charge is -2.11. The van der Waals surface area contributed by atoms with Crippen LogP contribution in [0.15, 0.2) is 24.3 Å². The minimum atomic E-state index is -0.365. The molecule has 1 unspecified atom stereocenters. The number of aromatic nitrogens is 2. The van der Waals surface area contributed by atoms with Gasteiger partial charge in [0.25, 0.3) is 5.91 Å². The van der Waals surface area contributed by atoms with Crippen LogP contribution in [-0.2, 0) is 16.1 Å². The molecular formula is C19H19Cl2N3O3S. The van der Waals surface area contributed by atoms with Gasteiger partial charge in [-0.25, -0.2) is 0 Å². The van der Waals surface area contributed by atoms with Gasteiger partial charge in [0.1, 0.15) is 4.83 Å². The first-order valence-electron chi connectivity index (χ1n) is 8.57. The van der Waals surface area contributed by atoms with Gasteiger partial charge in [0.15, 0.2) is 0 Å². The topological polar surface area (TPSA) is 73.2 Å².